The van der Waals surface area contributed by atoms with Gasteiger partial charge in [0.1, 0.15) is 4.83 Å². The molecule has 3 aromatic rings. The number of benzene rings is 1. The van der Waals surface area contributed by atoms with E-state index in [2.05, 4.69) is 22.3 Å². The molecular formula is C22H26N4OS. The topological polar surface area (TPSA) is 50.2 Å². The third-order valence-electron chi connectivity index (χ3n) is 5.89. The standard InChI is InChI=1S/C22H26N4OS/c27-21-19-17-9-5-2-6-10-18(17)28-20(19)24-22(25-13-11-23-12-14-25)26(21)15-16-7-3-1-4-8-16/h1,3-4,7-8,23H,2,5-6,9-15H2. The first-order valence-electron chi connectivity index (χ1n) is 10.4. The zero-order valence-electron chi connectivity index (χ0n) is 16.1. The highest BCUT2D eigenvalue weighted by atomic mass is 32.1. The van der Waals surface area contributed by atoms with Crippen molar-refractivity contribution in [3.63, 3.8) is 0 Å². The van der Waals surface area contributed by atoms with Crippen molar-refractivity contribution in [3.05, 3.63) is 56.7 Å². The molecule has 0 bridgehead atoms. The van der Waals surface area contributed by atoms with Crippen LogP contribution in [0.25, 0.3) is 10.2 Å². The third-order valence-corrected chi connectivity index (χ3v) is 7.07. The van der Waals surface area contributed by atoms with E-state index < -0.39 is 0 Å². The Morgan fingerprint density at radius 3 is 2.64 bits per heavy atom. The van der Waals surface area contributed by atoms with Crippen LogP contribution < -0.4 is 15.8 Å². The summed E-state index contributed by atoms with van der Waals surface area (Å²) in [7, 11) is 0. The highest BCUT2D eigenvalue weighted by molar-refractivity contribution is 7.18. The molecule has 3 heterocycles. The summed E-state index contributed by atoms with van der Waals surface area (Å²) in [6, 6.07) is 10.3. The van der Waals surface area contributed by atoms with Gasteiger partial charge in [-0.15, -0.1) is 11.3 Å². The number of anilines is 1. The molecule has 5 nitrogen and oxygen atoms in total. The van der Waals surface area contributed by atoms with E-state index in [1.165, 1.54) is 29.7 Å². The van der Waals surface area contributed by atoms with Gasteiger partial charge in [-0.3, -0.25) is 9.36 Å². The quantitative estimate of drug-likeness (QED) is 0.693. The summed E-state index contributed by atoms with van der Waals surface area (Å²) in [4.78, 5) is 23.4. The maximum Gasteiger partial charge on any atom is 0.264 e. The van der Waals surface area contributed by atoms with Crippen LogP contribution in [-0.2, 0) is 19.4 Å². The molecule has 1 aromatic carbocycles. The molecule has 1 fully saturated rings. The molecule has 146 valence electrons. The van der Waals surface area contributed by atoms with Crippen LogP contribution in [0.15, 0.2) is 35.1 Å². The summed E-state index contributed by atoms with van der Waals surface area (Å²) in [5.74, 6) is 0.833. The Balaban J connectivity index is 1.69. The normalized spacial score (nSPS) is 17.5. The minimum Gasteiger partial charge on any atom is -0.340 e. The van der Waals surface area contributed by atoms with Gasteiger partial charge in [0.2, 0.25) is 5.95 Å². The summed E-state index contributed by atoms with van der Waals surface area (Å²) in [5.41, 5.74) is 2.56. The monoisotopic (exact) mass is 394 g/mol. The Morgan fingerprint density at radius 1 is 1.04 bits per heavy atom. The summed E-state index contributed by atoms with van der Waals surface area (Å²) < 4.78 is 1.92. The maximum atomic E-state index is 13.7. The summed E-state index contributed by atoms with van der Waals surface area (Å²) in [6.45, 7) is 4.21. The van der Waals surface area contributed by atoms with E-state index in [0.717, 1.165) is 60.7 Å². The molecule has 0 amide bonds. The van der Waals surface area contributed by atoms with Crippen molar-refractivity contribution in [2.24, 2.45) is 0 Å². The SMILES string of the molecule is O=c1c2c3c(sc2nc(N2CCNCC2)n1Cc1ccccc1)CCCCC3. The van der Waals surface area contributed by atoms with Crippen LogP contribution in [-0.4, -0.2) is 35.7 Å². The van der Waals surface area contributed by atoms with E-state index in [0.29, 0.717) is 6.54 Å². The van der Waals surface area contributed by atoms with Crippen LogP contribution >= 0.6 is 11.3 Å². The number of rotatable bonds is 3. The molecule has 6 heteroatoms. The van der Waals surface area contributed by atoms with Crippen molar-refractivity contribution in [1.82, 2.24) is 14.9 Å². The number of aryl methyl sites for hydroxylation is 2. The molecule has 0 unspecified atom stereocenters. The predicted octanol–water partition coefficient (Wildman–Crippen LogP) is 3.18. The Bertz CT molecular complexity index is 1030. The first-order chi connectivity index (χ1) is 13.8. The van der Waals surface area contributed by atoms with Gasteiger partial charge in [0.15, 0.2) is 0 Å². The smallest absolute Gasteiger partial charge is 0.264 e. The van der Waals surface area contributed by atoms with Gasteiger partial charge in [0.05, 0.1) is 11.9 Å². The first kappa shape index (κ1) is 17.9. The fourth-order valence-electron chi connectivity index (χ4n) is 4.42. The molecule has 0 spiro atoms. The third kappa shape index (κ3) is 3.25. The number of fused-ring (bicyclic) bond motifs is 3. The highest BCUT2D eigenvalue weighted by Gasteiger charge is 2.24. The first-order valence-corrected chi connectivity index (χ1v) is 11.2. The van der Waals surface area contributed by atoms with Gasteiger partial charge in [0, 0.05) is 31.1 Å². The molecule has 28 heavy (non-hydrogen) atoms. The van der Waals surface area contributed by atoms with E-state index >= 15 is 0 Å². The summed E-state index contributed by atoms with van der Waals surface area (Å²) in [6.07, 6.45) is 5.77. The summed E-state index contributed by atoms with van der Waals surface area (Å²) in [5, 5.41) is 4.28. The van der Waals surface area contributed by atoms with E-state index in [1.54, 1.807) is 11.3 Å². The second-order valence-corrected chi connectivity index (χ2v) is 8.85. The van der Waals surface area contributed by atoms with Gasteiger partial charge in [-0.2, -0.15) is 0 Å². The molecule has 2 aliphatic rings. The van der Waals surface area contributed by atoms with Crippen molar-refractivity contribution in [2.75, 3.05) is 31.1 Å². The Labute approximate surface area is 169 Å². The minimum atomic E-state index is 0.141. The Kier molecular flexibility index (Phi) is 4.91. The van der Waals surface area contributed by atoms with Crippen LogP contribution in [0.2, 0.25) is 0 Å². The number of aromatic nitrogens is 2. The number of nitrogens with one attached hydrogen (secondary N) is 1. The van der Waals surface area contributed by atoms with Crippen LogP contribution in [0.5, 0.6) is 0 Å². The van der Waals surface area contributed by atoms with Gasteiger partial charge in [0.25, 0.3) is 5.56 Å². The fraction of sp³-hybridized carbons (Fsp3) is 0.455. The van der Waals surface area contributed by atoms with E-state index in [1.807, 2.05) is 22.8 Å². The lowest BCUT2D eigenvalue weighted by Gasteiger charge is -2.30. The van der Waals surface area contributed by atoms with Gasteiger partial charge in [-0.05, 0) is 36.8 Å². The average Bonchev–Trinajstić information content (AvgIpc) is 2.93. The van der Waals surface area contributed by atoms with Crippen molar-refractivity contribution in [2.45, 2.75) is 38.6 Å². The largest absolute Gasteiger partial charge is 0.340 e. The minimum absolute atomic E-state index is 0.141. The lowest BCUT2D eigenvalue weighted by Crippen LogP contribution is -2.46. The van der Waals surface area contributed by atoms with Crippen LogP contribution in [0, 0.1) is 0 Å². The average molecular weight is 395 g/mol. The van der Waals surface area contributed by atoms with Crippen LogP contribution in [0.3, 0.4) is 0 Å². The van der Waals surface area contributed by atoms with Gasteiger partial charge in [-0.1, -0.05) is 36.8 Å². The molecule has 1 N–H and O–H groups in total. The molecule has 1 saturated heterocycles. The van der Waals surface area contributed by atoms with Gasteiger partial charge >= 0.3 is 0 Å². The van der Waals surface area contributed by atoms with E-state index in [-0.39, 0.29) is 5.56 Å². The zero-order chi connectivity index (χ0) is 18.9. The number of nitrogens with zero attached hydrogens (tertiary/aromatic N) is 3. The number of hydrogen-bond donors (Lipinski definition) is 1. The maximum absolute atomic E-state index is 13.7. The molecule has 1 aliphatic heterocycles. The van der Waals surface area contributed by atoms with E-state index in [4.69, 9.17) is 4.98 Å². The van der Waals surface area contributed by atoms with Crippen LogP contribution in [0.4, 0.5) is 5.95 Å². The number of thiophene rings is 1. The molecule has 0 atom stereocenters. The number of piperazine rings is 1. The highest BCUT2D eigenvalue weighted by Crippen LogP contribution is 2.34. The molecule has 0 saturated carbocycles. The van der Waals surface area contributed by atoms with Gasteiger partial charge in [-0.25, -0.2) is 4.98 Å². The Morgan fingerprint density at radius 2 is 1.82 bits per heavy atom. The molecular weight excluding hydrogens is 368 g/mol. The number of hydrogen-bond acceptors (Lipinski definition) is 5. The predicted molar refractivity (Wildman–Crippen MR) is 116 cm³/mol. The lowest BCUT2D eigenvalue weighted by molar-refractivity contribution is 0.564. The zero-order valence-corrected chi connectivity index (χ0v) is 16.9. The fourth-order valence-corrected chi connectivity index (χ4v) is 5.67. The van der Waals surface area contributed by atoms with Crippen molar-refractivity contribution in [1.29, 1.82) is 0 Å². The molecule has 1 aliphatic carbocycles. The van der Waals surface area contributed by atoms with Crippen molar-refractivity contribution in [3.8, 4) is 0 Å². The van der Waals surface area contributed by atoms with Crippen molar-refractivity contribution < 1.29 is 0 Å². The lowest BCUT2D eigenvalue weighted by atomic mass is 10.1. The second-order valence-electron chi connectivity index (χ2n) is 7.77. The van der Waals surface area contributed by atoms with Gasteiger partial charge < -0.3 is 10.2 Å². The van der Waals surface area contributed by atoms with Crippen molar-refractivity contribution >= 4 is 27.5 Å². The Hall–Kier alpha value is -2.18. The molecule has 0 radical (unpaired) electrons. The summed E-state index contributed by atoms with van der Waals surface area (Å²) >= 11 is 1.75. The van der Waals surface area contributed by atoms with Crippen LogP contribution in [0.1, 0.15) is 35.3 Å². The molecule has 2 aromatic heterocycles. The second kappa shape index (κ2) is 7.68. The molecule has 5 rings (SSSR count). The van der Waals surface area contributed by atoms with E-state index in [9.17, 15) is 4.79 Å².